The first-order valence-corrected chi connectivity index (χ1v) is 7.96. The third kappa shape index (κ3) is 3.34. The van der Waals surface area contributed by atoms with Gasteiger partial charge in [0.2, 0.25) is 10.0 Å². The average Bonchev–Trinajstić information content (AvgIpc) is 2.90. The summed E-state index contributed by atoms with van der Waals surface area (Å²) < 4.78 is 51.3. The zero-order chi connectivity index (χ0) is 15.7. The van der Waals surface area contributed by atoms with Crippen molar-refractivity contribution < 1.29 is 22.3 Å². The summed E-state index contributed by atoms with van der Waals surface area (Å²) >= 11 is 0. The second-order valence-electron chi connectivity index (χ2n) is 5.15. The molecular formula is C13H19FN2O4S. The van der Waals surface area contributed by atoms with E-state index < -0.39 is 26.3 Å². The lowest BCUT2D eigenvalue weighted by molar-refractivity contribution is -0.0120. The van der Waals surface area contributed by atoms with E-state index in [0.717, 1.165) is 12.1 Å². The molecule has 0 bridgehead atoms. The summed E-state index contributed by atoms with van der Waals surface area (Å²) in [5.41, 5.74) is 5.66. The number of benzene rings is 1. The first-order valence-electron chi connectivity index (χ1n) is 6.48. The molecule has 1 saturated heterocycles. The van der Waals surface area contributed by atoms with Crippen molar-refractivity contribution in [2.45, 2.75) is 23.8 Å². The summed E-state index contributed by atoms with van der Waals surface area (Å²) in [4.78, 5) is -0.462. The number of nitrogen functional groups attached to an aromatic ring is 1. The molecule has 3 N–H and O–H groups in total. The van der Waals surface area contributed by atoms with Crippen molar-refractivity contribution in [1.82, 2.24) is 4.72 Å². The summed E-state index contributed by atoms with van der Waals surface area (Å²) in [6.45, 7) is 2.42. The maximum absolute atomic E-state index is 13.9. The fraction of sp³-hybridized carbons (Fsp3) is 0.538. The molecule has 1 aromatic carbocycles. The first-order chi connectivity index (χ1) is 9.80. The second kappa shape index (κ2) is 5.88. The van der Waals surface area contributed by atoms with E-state index in [-0.39, 0.29) is 12.2 Å². The van der Waals surface area contributed by atoms with Crippen molar-refractivity contribution in [3.8, 4) is 0 Å². The number of aryl methyl sites for hydroxylation is 1. The van der Waals surface area contributed by atoms with Gasteiger partial charge < -0.3 is 15.2 Å². The Balaban J connectivity index is 2.21. The van der Waals surface area contributed by atoms with Crippen LogP contribution in [-0.4, -0.2) is 40.9 Å². The van der Waals surface area contributed by atoms with E-state index in [1.165, 1.54) is 7.11 Å². The van der Waals surface area contributed by atoms with Gasteiger partial charge in [-0.3, -0.25) is 0 Å². The van der Waals surface area contributed by atoms with E-state index in [0.29, 0.717) is 25.2 Å². The summed E-state index contributed by atoms with van der Waals surface area (Å²) in [6.07, 6.45) is 0.574. The van der Waals surface area contributed by atoms with Gasteiger partial charge in [-0.15, -0.1) is 0 Å². The zero-order valence-electron chi connectivity index (χ0n) is 12.0. The fourth-order valence-corrected chi connectivity index (χ4v) is 3.35. The van der Waals surface area contributed by atoms with Gasteiger partial charge in [0.05, 0.1) is 6.61 Å². The largest absolute Gasteiger partial charge is 0.398 e. The van der Waals surface area contributed by atoms with Crippen LogP contribution in [0, 0.1) is 12.7 Å². The minimum absolute atomic E-state index is 0.0130. The van der Waals surface area contributed by atoms with Gasteiger partial charge in [-0.05, 0) is 24.6 Å². The van der Waals surface area contributed by atoms with E-state index in [2.05, 4.69) is 4.72 Å². The number of anilines is 1. The number of halogens is 1. The van der Waals surface area contributed by atoms with Gasteiger partial charge in [0.15, 0.2) is 0 Å². The molecular weight excluding hydrogens is 299 g/mol. The van der Waals surface area contributed by atoms with Crippen molar-refractivity contribution >= 4 is 15.7 Å². The van der Waals surface area contributed by atoms with Crippen molar-refractivity contribution in [3.05, 3.63) is 23.5 Å². The molecule has 21 heavy (non-hydrogen) atoms. The Morgan fingerprint density at radius 2 is 2.24 bits per heavy atom. The number of methoxy groups -OCH3 is 1. The van der Waals surface area contributed by atoms with E-state index in [1.54, 1.807) is 6.92 Å². The third-order valence-corrected chi connectivity index (χ3v) is 5.11. The second-order valence-corrected chi connectivity index (χ2v) is 6.89. The first kappa shape index (κ1) is 16.2. The van der Waals surface area contributed by atoms with Gasteiger partial charge in [-0.1, -0.05) is 0 Å². The fourth-order valence-electron chi connectivity index (χ4n) is 2.14. The maximum atomic E-state index is 13.9. The standard InChI is InChI=1S/C13H19FN2O4S/c1-9-5-10(14)12(6-11(9)15)21(17,18)16-7-13(19-2)3-4-20-8-13/h5-6,16H,3-4,7-8,15H2,1-2H3. The Labute approximate surface area is 123 Å². The summed E-state index contributed by atoms with van der Waals surface area (Å²) in [6, 6.07) is 2.23. The molecule has 118 valence electrons. The number of hydrogen-bond acceptors (Lipinski definition) is 5. The van der Waals surface area contributed by atoms with E-state index in [9.17, 15) is 12.8 Å². The highest BCUT2D eigenvalue weighted by atomic mass is 32.2. The number of sulfonamides is 1. The molecule has 1 unspecified atom stereocenters. The van der Waals surface area contributed by atoms with Crippen molar-refractivity contribution in [3.63, 3.8) is 0 Å². The molecule has 1 aromatic rings. The quantitative estimate of drug-likeness (QED) is 0.784. The Hall–Kier alpha value is -1.22. The topological polar surface area (TPSA) is 90.7 Å². The predicted molar refractivity (Wildman–Crippen MR) is 75.9 cm³/mol. The van der Waals surface area contributed by atoms with Crippen LogP contribution in [0.5, 0.6) is 0 Å². The van der Waals surface area contributed by atoms with Crippen LogP contribution < -0.4 is 10.5 Å². The molecule has 1 fully saturated rings. The number of rotatable bonds is 5. The molecule has 0 aliphatic carbocycles. The molecule has 0 saturated carbocycles. The highest BCUT2D eigenvalue weighted by molar-refractivity contribution is 7.89. The van der Waals surface area contributed by atoms with Crippen molar-refractivity contribution in [2.24, 2.45) is 0 Å². The van der Waals surface area contributed by atoms with Crippen LogP contribution in [-0.2, 0) is 19.5 Å². The van der Waals surface area contributed by atoms with Crippen molar-refractivity contribution in [1.29, 1.82) is 0 Å². The maximum Gasteiger partial charge on any atom is 0.243 e. The SMILES string of the molecule is COC1(CNS(=O)(=O)c2cc(N)c(C)cc2F)CCOC1. The van der Waals surface area contributed by atoms with Crippen LogP contribution in [0.25, 0.3) is 0 Å². The van der Waals surface area contributed by atoms with E-state index in [1.807, 2.05) is 0 Å². The summed E-state index contributed by atoms with van der Waals surface area (Å²) in [5, 5.41) is 0. The van der Waals surface area contributed by atoms with E-state index in [4.69, 9.17) is 15.2 Å². The summed E-state index contributed by atoms with van der Waals surface area (Å²) in [7, 11) is -2.51. The summed E-state index contributed by atoms with van der Waals surface area (Å²) in [5.74, 6) is -0.830. The lowest BCUT2D eigenvalue weighted by Gasteiger charge is -2.25. The molecule has 0 amide bonds. The van der Waals surface area contributed by atoms with Gasteiger partial charge in [-0.2, -0.15) is 0 Å². The lowest BCUT2D eigenvalue weighted by Crippen LogP contribution is -2.45. The van der Waals surface area contributed by atoms with E-state index >= 15 is 0 Å². The number of hydrogen-bond donors (Lipinski definition) is 2. The molecule has 0 radical (unpaired) electrons. The van der Waals surface area contributed by atoms with Crippen LogP contribution >= 0.6 is 0 Å². The molecule has 1 atom stereocenters. The van der Waals surface area contributed by atoms with Crippen LogP contribution in [0.1, 0.15) is 12.0 Å². The number of nitrogens with one attached hydrogen (secondary N) is 1. The van der Waals surface area contributed by atoms with Gasteiger partial charge in [0.25, 0.3) is 0 Å². The Kier molecular flexibility index (Phi) is 4.52. The molecule has 1 heterocycles. The smallest absolute Gasteiger partial charge is 0.243 e. The van der Waals surface area contributed by atoms with Gasteiger partial charge in [-0.25, -0.2) is 17.5 Å². The highest BCUT2D eigenvalue weighted by Gasteiger charge is 2.36. The van der Waals surface area contributed by atoms with Crippen molar-refractivity contribution in [2.75, 3.05) is 32.6 Å². The van der Waals surface area contributed by atoms with Crippen LogP contribution in [0.15, 0.2) is 17.0 Å². The zero-order valence-corrected chi connectivity index (χ0v) is 12.8. The Morgan fingerprint density at radius 1 is 1.52 bits per heavy atom. The monoisotopic (exact) mass is 318 g/mol. The number of ether oxygens (including phenoxy) is 2. The molecule has 0 spiro atoms. The van der Waals surface area contributed by atoms with Crippen LogP contribution in [0.4, 0.5) is 10.1 Å². The molecule has 2 rings (SSSR count). The molecule has 1 aliphatic heterocycles. The Morgan fingerprint density at radius 3 is 2.81 bits per heavy atom. The molecule has 0 aromatic heterocycles. The molecule has 8 heteroatoms. The van der Waals surface area contributed by atoms with Crippen LogP contribution in [0.3, 0.4) is 0 Å². The van der Waals surface area contributed by atoms with Gasteiger partial charge >= 0.3 is 0 Å². The predicted octanol–water partition coefficient (Wildman–Crippen LogP) is 0.800. The minimum Gasteiger partial charge on any atom is -0.398 e. The Bertz CT molecular complexity index is 627. The molecule has 6 nitrogen and oxygen atoms in total. The van der Waals surface area contributed by atoms with Gasteiger partial charge in [0.1, 0.15) is 16.3 Å². The minimum atomic E-state index is -4.01. The van der Waals surface area contributed by atoms with Gasteiger partial charge in [0, 0.05) is 32.4 Å². The number of nitrogens with two attached hydrogens (primary N) is 1. The highest BCUT2D eigenvalue weighted by Crippen LogP contribution is 2.24. The average molecular weight is 318 g/mol. The molecule has 1 aliphatic rings. The lowest BCUT2D eigenvalue weighted by atomic mass is 10.0. The third-order valence-electron chi connectivity index (χ3n) is 3.69. The van der Waals surface area contributed by atoms with Crippen LogP contribution in [0.2, 0.25) is 0 Å². The normalized spacial score (nSPS) is 22.6.